The lowest BCUT2D eigenvalue weighted by Gasteiger charge is -2.38. The van der Waals surface area contributed by atoms with E-state index in [2.05, 4.69) is 54.0 Å². The van der Waals surface area contributed by atoms with Crippen molar-refractivity contribution in [2.75, 3.05) is 6.54 Å². The van der Waals surface area contributed by atoms with Gasteiger partial charge in [-0.2, -0.15) is 0 Å². The fraction of sp³-hybridized carbons (Fsp3) is 0.333. The van der Waals surface area contributed by atoms with Gasteiger partial charge in [-0.15, -0.1) is 11.3 Å². The van der Waals surface area contributed by atoms with Gasteiger partial charge in [0.2, 0.25) is 0 Å². The molecule has 2 aromatic rings. The highest BCUT2D eigenvalue weighted by atomic mass is 32.1. The van der Waals surface area contributed by atoms with Crippen LogP contribution in [0.4, 0.5) is 0 Å². The minimum absolute atomic E-state index is 0.0366. The van der Waals surface area contributed by atoms with Crippen LogP contribution in [0.5, 0.6) is 0 Å². The summed E-state index contributed by atoms with van der Waals surface area (Å²) in [6, 6.07) is 13.1. The van der Waals surface area contributed by atoms with E-state index in [1.165, 1.54) is 17.5 Å². The molecule has 0 radical (unpaired) electrons. The summed E-state index contributed by atoms with van der Waals surface area (Å²) in [6.07, 6.45) is 2.27. The normalized spacial score (nSPS) is 23.4. The first-order valence-electron chi connectivity index (χ1n) is 6.24. The smallest absolute Gasteiger partial charge is 0.0698 e. The average Bonchev–Trinajstić information content (AvgIpc) is 2.88. The summed E-state index contributed by atoms with van der Waals surface area (Å²) >= 11 is 1.90. The summed E-state index contributed by atoms with van der Waals surface area (Å²) in [5.41, 5.74) is 2.92. The molecule has 1 atom stereocenters. The second-order valence-electron chi connectivity index (χ2n) is 4.56. The first-order chi connectivity index (χ1) is 8.37. The summed E-state index contributed by atoms with van der Waals surface area (Å²) in [5.74, 6) is 0. The number of hydrogen-bond donors (Lipinski definition) is 1. The van der Waals surface area contributed by atoms with Gasteiger partial charge in [0, 0.05) is 11.4 Å². The maximum atomic E-state index is 3.75. The Morgan fingerprint density at radius 2 is 2.06 bits per heavy atom. The second kappa shape index (κ2) is 4.28. The van der Waals surface area contributed by atoms with Gasteiger partial charge in [0.05, 0.1) is 5.54 Å². The molecule has 0 saturated carbocycles. The third-order valence-corrected chi connectivity index (χ3v) is 4.76. The zero-order valence-corrected chi connectivity index (χ0v) is 10.9. The van der Waals surface area contributed by atoms with Crippen molar-refractivity contribution >= 4 is 11.3 Å². The van der Waals surface area contributed by atoms with Crippen molar-refractivity contribution in [3.05, 3.63) is 57.8 Å². The third kappa shape index (κ3) is 1.63. The Kier molecular flexibility index (Phi) is 2.77. The van der Waals surface area contributed by atoms with Crippen LogP contribution in [0.2, 0.25) is 0 Å². The fourth-order valence-corrected chi connectivity index (χ4v) is 3.86. The Hall–Kier alpha value is -1.12. The molecule has 1 nitrogen and oxygen atoms in total. The van der Waals surface area contributed by atoms with E-state index in [1.807, 2.05) is 11.3 Å². The molecule has 1 aromatic carbocycles. The molecule has 2 heteroatoms. The van der Waals surface area contributed by atoms with Gasteiger partial charge < -0.3 is 5.32 Å². The van der Waals surface area contributed by atoms with E-state index in [9.17, 15) is 0 Å². The molecule has 88 valence electrons. The van der Waals surface area contributed by atoms with Gasteiger partial charge in [-0.3, -0.25) is 0 Å². The summed E-state index contributed by atoms with van der Waals surface area (Å²) in [6.45, 7) is 3.35. The maximum Gasteiger partial charge on any atom is 0.0698 e. The second-order valence-corrected chi connectivity index (χ2v) is 5.56. The molecule has 3 rings (SSSR count). The number of thiophene rings is 1. The number of hydrogen-bond acceptors (Lipinski definition) is 2. The average molecular weight is 243 g/mol. The predicted octanol–water partition coefficient (Wildman–Crippen LogP) is 3.55. The van der Waals surface area contributed by atoms with Gasteiger partial charge in [-0.05, 0) is 35.4 Å². The fourth-order valence-electron chi connectivity index (χ4n) is 2.90. The van der Waals surface area contributed by atoms with Crippen LogP contribution in [0.1, 0.15) is 29.3 Å². The van der Waals surface area contributed by atoms with Gasteiger partial charge in [0.1, 0.15) is 0 Å². The van der Waals surface area contributed by atoms with Crippen LogP contribution in [0.15, 0.2) is 41.8 Å². The third-order valence-electron chi connectivity index (χ3n) is 3.78. The standard InChI is InChI=1S/C15H17NS/c1-2-15(12-6-4-3-5-7-12)13-9-11-17-14(13)8-10-16-15/h3-7,9,11,16H,2,8,10H2,1H3. The van der Waals surface area contributed by atoms with E-state index in [0.29, 0.717) is 0 Å². The van der Waals surface area contributed by atoms with E-state index < -0.39 is 0 Å². The molecule has 0 spiro atoms. The zero-order valence-electron chi connectivity index (χ0n) is 10.1. The van der Waals surface area contributed by atoms with Gasteiger partial charge in [0.15, 0.2) is 0 Å². The maximum absolute atomic E-state index is 3.75. The van der Waals surface area contributed by atoms with Crippen LogP contribution in [0, 0.1) is 0 Å². The highest BCUT2D eigenvalue weighted by Crippen LogP contribution is 2.39. The Balaban J connectivity index is 2.17. The summed E-state index contributed by atoms with van der Waals surface area (Å²) in [4.78, 5) is 1.55. The van der Waals surface area contributed by atoms with E-state index in [0.717, 1.165) is 13.0 Å². The van der Waals surface area contributed by atoms with Crippen molar-refractivity contribution in [2.24, 2.45) is 0 Å². The van der Waals surface area contributed by atoms with E-state index in [1.54, 1.807) is 4.88 Å². The Labute approximate surface area is 106 Å². The molecule has 0 amide bonds. The number of fused-ring (bicyclic) bond motifs is 1. The first kappa shape index (κ1) is 11.0. The van der Waals surface area contributed by atoms with E-state index >= 15 is 0 Å². The van der Waals surface area contributed by atoms with Gasteiger partial charge in [0.25, 0.3) is 0 Å². The van der Waals surface area contributed by atoms with Crippen molar-refractivity contribution in [3.63, 3.8) is 0 Å². The lowest BCUT2D eigenvalue weighted by atomic mass is 9.78. The van der Waals surface area contributed by atoms with Crippen LogP contribution >= 0.6 is 11.3 Å². The Morgan fingerprint density at radius 1 is 1.24 bits per heavy atom. The molecule has 0 fully saturated rings. The Morgan fingerprint density at radius 3 is 2.82 bits per heavy atom. The van der Waals surface area contributed by atoms with Crippen molar-refractivity contribution in [3.8, 4) is 0 Å². The number of nitrogens with one attached hydrogen (secondary N) is 1. The molecule has 0 aliphatic carbocycles. The van der Waals surface area contributed by atoms with Crippen molar-refractivity contribution in [2.45, 2.75) is 25.3 Å². The summed E-state index contributed by atoms with van der Waals surface area (Å²) in [7, 11) is 0. The topological polar surface area (TPSA) is 12.0 Å². The molecule has 2 heterocycles. The quantitative estimate of drug-likeness (QED) is 0.850. The molecular formula is C15H17NS. The predicted molar refractivity (Wildman–Crippen MR) is 73.5 cm³/mol. The van der Waals surface area contributed by atoms with Crippen LogP contribution in [0.3, 0.4) is 0 Å². The molecule has 1 unspecified atom stereocenters. The molecular weight excluding hydrogens is 226 g/mol. The van der Waals surface area contributed by atoms with E-state index in [4.69, 9.17) is 0 Å². The molecule has 1 aliphatic heterocycles. The SMILES string of the molecule is CCC1(c2ccccc2)NCCc2sccc21. The lowest BCUT2D eigenvalue weighted by Crippen LogP contribution is -2.47. The highest BCUT2D eigenvalue weighted by Gasteiger charge is 2.36. The lowest BCUT2D eigenvalue weighted by molar-refractivity contribution is 0.371. The molecule has 0 saturated heterocycles. The molecule has 1 N–H and O–H groups in total. The van der Waals surface area contributed by atoms with E-state index in [-0.39, 0.29) is 5.54 Å². The molecule has 0 bridgehead atoms. The van der Waals surface area contributed by atoms with Crippen molar-refractivity contribution in [1.29, 1.82) is 0 Å². The monoisotopic (exact) mass is 243 g/mol. The summed E-state index contributed by atoms with van der Waals surface area (Å²) in [5, 5.41) is 5.97. The number of rotatable bonds is 2. The van der Waals surface area contributed by atoms with Crippen molar-refractivity contribution < 1.29 is 0 Å². The molecule has 1 aromatic heterocycles. The minimum Gasteiger partial charge on any atom is -0.303 e. The van der Waals surface area contributed by atoms with Crippen LogP contribution in [-0.4, -0.2) is 6.54 Å². The molecule has 1 aliphatic rings. The first-order valence-corrected chi connectivity index (χ1v) is 7.12. The highest BCUT2D eigenvalue weighted by molar-refractivity contribution is 7.10. The van der Waals surface area contributed by atoms with Crippen molar-refractivity contribution in [1.82, 2.24) is 5.32 Å². The number of benzene rings is 1. The van der Waals surface area contributed by atoms with Gasteiger partial charge in [-0.25, -0.2) is 0 Å². The van der Waals surface area contributed by atoms with Crippen LogP contribution in [0.25, 0.3) is 0 Å². The zero-order chi connectivity index (χ0) is 11.7. The van der Waals surface area contributed by atoms with Gasteiger partial charge >= 0.3 is 0 Å². The largest absolute Gasteiger partial charge is 0.303 e. The van der Waals surface area contributed by atoms with Crippen LogP contribution < -0.4 is 5.32 Å². The summed E-state index contributed by atoms with van der Waals surface area (Å²) < 4.78 is 0. The van der Waals surface area contributed by atoms with Gasteiger partial charge in [-0.1, -0.05) is 37.3 Å². The minimum atomic E-state index is 0.0366. The molecule has 17 heavy (non-hydrogen) atoms. The Bertz CT molecular complexity index is 503. The van der Waals surface area contributed by atoms with Crippen LogP contribution in [-0.2, 0) is 12.0 Å².